The Hall–Kier alpha value is -4.71. The Morgan fingerprint density at radius 1 is 0.929 bits per heavy atom. The molecule has 0 spiro atoms. The third-order valence-corrected chi connectivity index (χ3v) is 13.7. The van der Waals surface area contributed by atoms with E-state index in [0.29, 0.717) is 44.8 Å². The van der Waals surface area contributed by atoms with Crippen LogP contribution >= 0.6 is 12.6 Å². The van der Waals surface area contributed by atoms with E-state index < -0.39 is 53.4 Å². The van der Waals surface area contributed by atoms with Gasteiger partial charge >= 0.3 is 12.1 Å². The third kappa shape index (κ3) is 15.6. The van der Waals surface area contributed by atoms with Crippen molar-refractivity contribution in [3.05, 3.63) is 41.7 Å². The van der Waals surface area contributed by atoms with Crippen LogP contribution in [0.4, 0.5) is 4.79 Å². The largest absolute Gasteiger partial charge is 0.479 e. The summed E-state index contributed by atoms with van der Waals surface area (Å²) in [6, 6.07) is 6.20. The number of likely N-dealkylation sites (tertiary alicyclic amines) is 1. The Bertz CT molecular complexity index is 2020. The molecule has 2 saturated heterocycles. The van der Waals surface area contributed by atoms with Crippen LogP contribution in [0.5, 0.6) is 5.75 Å². The lowest BCUT2D eigenvalue weighted by Gasteiger charge is -2.45. The molecule has 2 fully saturated rings. The summed E-state index contributed by atoms with van der Waals surface area (Å²) in [7, 11) is 1.63. The molecule has 0 bridgehead atoms. The molecule has 70 heavy (non-hydrogen) atoms. The molecule has 394 valence electrons. The van der Waals surface area contributed by atoms with Gasteiger partial charge in [-0.3, -0.25) is 29.1 Å². The van der Waals surface area contributed by atoms with Gasteiger partial charge in [-0.25, -0.2) is 9.59 Å². The molecule has 21 nitrogen and oxygen atoms in total. The maximum atomic E-state index is 13.2. The minimum absolute atomic E-state index is 0.0197. The first-order chi connectivity index (χ1) is 32.7. The molecule has 0 saturated carbocycles. The van der Waals surface area contributed by atoms with E-state index in [-0.39, 0.29) is 78.3 Å². The van der Waals surface area contributed by atoms with Gasteiger partial charge in [0.2, 0.25) is 29.9 Å². The molecule has 22 heteroatoms. The first-order valence-corrected chi connectivity index (χ1v) is 24.4. The fourth-order valence-electron chi connectivity index (χ4n) is 8.81. The van der Waals surface area contributed by atoms with Gasteiger partial charge in [-0.2, -0.15) is 12.6 Å². The highest BCUT2D eigenvalue weighted by Gasteiger charge is 2.48. The van der Waals surface area contributed by atoms with Crippen LogP contribution in [0.1, 0.15) is 106 Å². The summed E-state index contributed by atoms with van der Waals surface area (Å²) in [5.41, 5.74) is 6.57. The van der Waals surface area contributed by atoms with E-state index in [0.717, 1.165) is 29.9 Å². The van der Waals surface area contributed by atoms with E-state index in [1.54, 1.807) is 24.1 Å². The predicted octanol–water partition coefficient (Wildman–Crippen LogP) is 2.54. The van der Waals surface area contributed by atoms with Crippen LogP contribution in [0.2, 0.25) is 0 Å². The van der Waals surface area contributed by atoms with Gasteiger partial charge in [-0.05, 0) is 48.8 Å². The molecule has 7 N–H and O–H groups in total. The van der Waals surface area contributed by atoms with Gasteiger partial charge in [0.25, 0.3) is 0 Å². The number of carbonyl (C=O) groups excluding carboxylic acids is 5. The van der Waals surface area contributed by atoms with Crippen LogP contribution in [-0.2, 0) is 44.8 Å². The van der Waals surface area contributed by atoms with E-state index in [2.05, 4.69) is 61.6 Å². The smallest absolute Gasteiger partial charge is 0.409 e. The Balaban J connectivity index is 1.26. The second-order valence-electron chi connectivity index (χ2n) is 20.8. The molecule has 5 amide bonds. The Kier molecular flexibility index (Phi) is 20.3. The number of benzene rings is 1. The number of thiol groups is 1. The fourth-order valence-corrected chi connectivity index (χ4v) is 9.11. The molecule has 7 atom stereocenters. The lowest BCUT2D eigenvalue weighted by atomic mass is 9.75. The molecule has 0 aliphatic carbocycles. The molecule has 7 unspecified atom stereocenters. The van der Waals surface area contributed by atoms with Crippen molar-refractivity contribution in [1.82, 2.24) is 36.0 Å². The van der Waals surface area contributed by atoms with Crippen molar-refractivity contribution in [2.75, 3.05) is 53.0 Å². The number of rotatable bonds is 26. The zero-order chi connectivity index (χ0) is 52.4. The minimum Gasteiger partial charge on any atom is -0.479 e. The van der Waals surface area contributed by atoms with Crippen molar-refractivity contribution in [2.24, 2.45) is 16.2 Å². The van der Waals surface area contributed by atoms with Crippen LogP contribution in [0.15, 0.2) is 36.2 Å². The molecule has 3 aliphatic rings. The van der Waals surface area contributed by atoms with E-state index in [1.807, 2.05) is 33.9 Å². The summed E-state index contributed by atoms with van der Waals surface area (Å²) in [5, 5.41) is 43.9. The number of hydrazine groups is 2. The summed E-state index contributed by atoms with van der Waals surface area (Å²) in [5.74, 6) is -2.41. The van der Waals surface area contributed by atoms with Crippen LogP contribution in [0, 0.1) is 16.2 Å². The highest BCUT2D eigenvalue weighted by Crippen LogP contribution is 2.38. The zero-order valence-corrected chi connectivity index (χ0v) is 43.3. The molecule has 3 aliphatic heterocycles. The molecule has 1 aromatic rings. The van der Waals surface area contributed by atoms with Crippen molar-refractivity contribution in [3.63, 3.8) is 0 Å². The number of carboxylic acid groups (broad SMARTS) is 1. The highest BCUT2D eigenvalue weighted by atomic mass is 32.1. The van der Waals surface area contributed by atoms with Crippen LogP contribution < -0.4 is 21.0 Å². The maximum absolute atomic E-state index is 13.2. The van der Waals surface area contributed by atoms with Gasteiger partial charge in [-0.1, -0.05) is 67.5 Å². The summed E-state index contributed by atoms with van der Waals surface area (Å²) >= 11 is 4.13. The Labute approximate surface area is 416 Å². The average molecular weight is 1010 g/mol. The van der Waals surface area contributed by atoms with Gasteiger partial charge in [-0.15, -0.1) is 5.53 Å². The van der Waals surface area contributed by atoms with Gasteiger partial charge in [0.05, 0.1) is 36.2 Å². The second-order valence-corrected chi connectivity index (χ2v) is 21.4. The second kappa shape index (κ2) is 24.6. The number of nitrogens with one attached hydrogen (secondary N) is 3. The van der Waals surface area contributed by atoms with Gasteiger partial charge in [0.1, 0.15) is 30.7 Å². The SMILES string of the molecule is CCC(C)(CN(C)C(=O)OCc1ccc(OC2OC(C(=O)O)C(O)C(O)C2O)cc1)CN(CC1=CN(C(CC)(CC)CC(C)(C)COCC(C)(C)CNC(=O)CCN2C(=O)CC(S)C2=O)NN1)C(C)=O. The maximum Gasteiger partial charge on any atom is 0.409 e. The number of nitrogens with zero attached hydrogens (tertiary/aromatic N) is 4. The first kappa shape index (κ1) is 57.9. The highest BCUT2D eigenvalue weighted by molar-refractivity contribution is 7.81. The lowest BCUT2D eigenvalue weighted by molar-refractivity contribution is -0.271. The average Bonchev–Trinajstić information content (AvgIpc) is 3.87. The summed E-state index contributed by atoms with van der Waals surface area (Å²) < 4.78 is 22.6. The molecular formula is C48H77N7O14S. The number of carbonyl (C=O) groups is 6. The normalized spacial score (nSPS) is 22.8. The molecule has 0 aromatic heterocycles. The number of ether oxygens (including phenoxy) is 4. The molecule has 1 aromatic carbocycles. The number of hydrogen-bond acceptors (Lipinski definition) is 17. The summed E-state index contributed by atoms with van der Waals surface area (Å²) in [4.78, 5) is 78.9. The molecular weight excluding hydrogens is 931 g/mol. The molecule has 3 heterocycles. The lowest BCUT2D eigenvalue weighted by Crippen LogP contribution is -2.61. The van der Waals surface area contributed by atoms with E-state index >= 15 is 0 Å². The molecule has 0 radical (unpaired) electrons. The van der Waals surface area contributed by atoms with Crippen molar-refractivity contribution < 1.29 is 68.1 Å². The number of aliphatic carboxylic acids is 1. The Morgan fingerprint density at radius 3 is 2.14 bits per heavy atom. The van der Waals surface area contributed by atoms with E-state index in [1.165, 1.54) is 24.0 Å². The van der Waals surface area contributed by atoms with Gasteiger partial charge < -0.3 is 59.9 Å². The minimum atomic E-state index is -1.85. The predicted molar refractivity (Wildman–Crippen MR) is 259 cm³/mol. The van der Waals surface area contributed by atoms with Crippen molar-refractivity contribution in [2.45, 2.75) is 149 Å². The van der Waals surface area contributed by atoms with E-state index in [4.69, 9.17) is 18.9 Å². The van der Waals surface area contributed by atoms with Gasteiger partial charge in [0, 0.05) is 70.0 Å². The summed E-state index contributed by atoms with van der Waals surface area (Å²) in [6.45, 7) is 20.3. The number of amides is 5. The number of carboxylic acids is 1. The van der Waals surface area contributed by atoms with Crippen molar-refractivity contribution in [3.8, 4) is 5.75 Å². The van der Waals surface area contributed by atoms with Crippen LogP contribution in [0.3, 0.4) is 0 Å². The standard InChI is InChI=1S/C48H77N7O14S/c1-11-47(9,26-52(10)44(65)67-23-31-14-16-33(17-15-31)68-43-39(61)37(59)38(60)40(69-43)42(63)64)27-53(30(4)56)21-32-22-55(51-50-32)48(12-2,13-3)24-45(5,6)28-66-29-46(7,8)25-49-35(57)18-19-54-36(58)20-34(70)41(54)62/h14-17,22,34,37-40,43,50-51,59-61,70H,11-13,18-21,23-29H2,1-10H3,(H,49,57)(H,63,64). The monoisotopic (exact) mass is 1010 g/mol. The topological polar surface area (TPSA) is 269 Å². The quantitative estimate of drug-likeness (QED) is 0.0490. The number of aliphatic hydroxyl groups is 3. The third-order valence-electron chi connectivity index (χ3n) is 13.3. The summed E-state index contributed by atoms with van der Waals surface area (Å²) in [6.07, 6.45) is -4.18. The number of hydrogen-bond donors (Lipinski definition) is 8. The molecule has 4 rings (SSSR count). The Morgan fingerprint density at radius 2 is 1.57 bits per heavy atom. The van der Waals surface area contributed by atoms with Gasteiger partial charge in [0.15, 0.2) is 6.10 Å². The number of aliphatic hydroxyl groups excluding tert-OH is 3. The van der Waals surface area contributed by atoms with Crippen LogP contribution in [-0.4, -0.2) is 170 Å². The van der Waals surface area contributed by atoms with Crippen LogP contribution in [0.25, 0.3) is 0 Å². The zero-order valence-electron chi connectivity index (χ0n) is 42.4. The fraction of sp³-hybridized carbons (Fsp3) is 0.708. The van der Waals surface area contributed by atoms with E-state index in [9.17, 15) is 49.2 Å². The van der Waals surface area contributed by atoms with Crippen molar-refractivity contribution in [1.29, 1.82) is 0 Å². The number of imide groups is 1. The first-order valence-electron chi connectivity index (χ1n) is 23.9. The van der Waals surface area contributed by atoms with Crippen molar-refractivity contribution >= 4 is 48.3 Å².